The van der Waals surface area contributed by atoms with Crippen molar-refractivity contribution in [2.75, 3.05) is 19.6 Å². The predicted molar refractivity (Wildman–Crippen MR) is 73.4 cm³/mol. The molecule has 1 aromatic carbocycles. The molecular formula is C15H21FN2O. The molecule has 0 unspecified atom stereocenters. The van der Waals surface area contributed by atoms with Crippen molar-refractivity contribution >= 4 is 5.91 Å². The van der Waals surface area contributed by atoms with Crippen LogP contribution in [0.5, 0.6) is 0 Å². The predicted octanol–water partition coefficient (Wildman–Crippen LogP) is 1.79. The van der Waals surface area contributed by atoms with E-state index in [9.17, 15) is 9.18 Å². The van der Waals surface area contributed by atoms with Gasteiger partial charge in [-0.15, -0.1) is 0 Å². The first-order valence-corrected chi connectivity index (χ1v) is 6.90. The van der Waals surface area contributed by atoms with Gasteiger partial charge in [0.2, 0.25) is 5.91 Å². The van der Waals surface area contributed by atoms with E-state index in [0.29, 0.717) is 6.54 Å². The Hall–Kier alpha value is -1.42. The Kier molecular flexibility index (Phi) is 4.91. The largest absolute Gasteiger partial charge is 0.355 e. The molecule has 0 aliphatic carbocycles. The fraction of sp³-hybridized carbons (Fsp3) is 0.533. The van der Waals surface area contributed by atoms with Crippen molar-refractivity contribution in [1.29, 1.82) is 0 Å². The summed E-state index contributed by atoms with van der Waals surface area (Å²) in [5.74, 6) is 0.0218. The number of piperidine rings is 1. The summed E-state index contributed by atoms with van der Waals surface area (Å²) >= 11 is 0. The van der Waals surface area contributed by atoms with Gasteiger partial charge in [0.05, 0.1) is 5.92 Å². The van der Waals surface area contributed by atoms with Crippen LogP contribution in [0.1, 0.15) is 24.0 Å². The number of rotatable bonds is 4. The van der Waals surface area contributed by atoms with Crippen LogP contribution in [0.4, 0.5) is 4.39 Å². The number of halogens is 1. The van der Waals surface area contributed by atoms with Crippen molar-refractivity contribution in [3.05, 3.63) is 35.1 Å². The maximum Gasteiger partial charge on any atom is 0.224 e. The van der Waals surface area contributed by atoms with Crippen molar-refractivity contribution in [2.45, 2.75) is 26.2 Å². The number of hydrogen-bond acceptors (Lipinski definition) is 2. The van der Waals surface area contributed by atoms with Gasteiger partial charge < -0.3 is 10.6 Å². The van der Waals surface area contributed by atoms with Gasteiger partial charge in [0, 0.05) is 13.1 Å². The highest BCUT2D eigenvalue weighted by atomic mass is 19.1. The number of benzene rings is 1. The lowest BCUT2D eigenvalue weighted by Gasteiger charge is -2.21. The SMILES string of the molecule is Cc1cc(F)ccc1CCNC(=O)[C@@H]1CCCNC1. The van der Waals surface area contributed by atoms with E-state index in [-0.39, 0.29) is 17.6 Å². The van der Waals surface area contributed by atoms with E-state index in [1.54, 1.807) is 6.07 Å². The van der Waals surface area contributed by atoms with Crippen LogP contribution < -0.4 is 10.6 Å². The molecule has 1 fully saturated rings. The first-order valence-electron chi connectivity index (χ1n) is 6.90. The van der Waals surface area contributed by atoms with Gasteiger partial charge in [-0.2, -0.15) is 0 Å². The smallest absolute Gasteiger partial charge is 0.224 e. The molecule has 0 spiro atoms. The van der Waals surface area contributed by atoms with E-state index in [4.69, 9.17) is 0 Å². The summed E-state index contributed by atoms with van der Waals surface area (Å²) in [5.41, 5.74) is 2.03. The van der Waals surface area contributed by atoms with Crippen molar-refractivity contribution in [1.82, 2.24) is 10.6 Å². The van der Waals surface area contributed by atoms with E-state index >= 15 is 0 Å². The highest BCUT2D eigenvalue weighted by Crippen LogP contribution is 2.11. The van der Waals surface area contributed by atoms with E-state index in [1.165, 1.54) is 12.1 Å². The molecule has 1 atom stereocenters. The Bertz CT molecular complexity index is 442. The topological polar surface area (TPSA) is 41.1 Å². The Labute approximate surface area is 113 Å². The molecule has 2 N–H and O–H groups in total. The van der Waals surface area contributed by atoms with Crippen LogP contribution >= 0.6 is 0 Å². The number of hydrogen-bond donors (Lipinski definition) is 2. The maximum absolute atomic E-state index is 13.0. The molecular weight excluding hydrogens is 243 g/mol. The van der Waals surface area contributed by atoms with E-state index in [2.05, 4.69) is 10.6 Å². The molecule has 1 saturated heterocycles. The van der Waals surface area contributed by atoms with Crippen LogP contribution in [-0.4, -0.2) is 25.5 Å². The summed E-state index contributed by atoms with van der Waals surface area (Å²) < 4.78 is 13.0. The van der Waals surface area contributed by atoms with Gasteiger partial charge in [-0.05, 0) is 56.0 Å². The summed E-state index contributed by atoms with van der Waals surface area (Å²) in [6.07, 6.45) is 2.78. The highest BCUT2D eigenvalue weighted by Gasteiger charge is 2.20. The molecule has 0 radical (unpaired) electrons. The molecule has 1 aliphatic heterocycles. The maximum atomic E-state index is 13.0. The van der Waals surface area contributed by atoms with Gasteiger partial charge in [0.1, 0.15) is 5.82 Å². The van der Waals surface area contributed by atoms with Crippen LogP contribution in [0.25, 0.3) is 0 Å². The van der Waals surface area contributed by atoms with Crippen molar-refractivity contribution in [2.24, 2.45) is 5.92 Å². The van der Waals surface area contributed by atoms with Crippen LogP contribution in [0.3, 0.4) is 0 Å². The Morgan fingerprint density at radius 1 is 1.53 bits per heavy atom. The number of carbonyl (C=O) groups is 1. The lowest BCUT2D eigenvalue weighted by Crippen LogP contribution is -2.41. The van der Waals surface area contributed by atoms with Crippen LogP contribution in [-0.2, 0) is 11.2 Å². The zero-order valence-electron chi connectivity index (χ0n) is 11.3. The minimum Gasteiger partial charge on any atom is -0.355 e. The lowest BCUT2D eigenvalue weighted by atomic mass is 9.98. The molecule has 1 heterocycles. The summed E-state index contributed by atoms with van der Waals surface area (Å²) in [4.78, 5) is 11.9. The minimum atomic E-state index is -0.210. The second kappa shape index (κ2) is 6.66. The van der Waals surface area contributed by atoms with Crippen LogP contribution in [0, 0.1) is 18.7 Å². The third-order valence-corrected chi connectivity index (χ3v) is 3.67. The number of amides is 1. The van der Waals surface area contributed by atoms with Crippen LogP contribution in [0.2, 0.25) is 0 Å². The zero-order valence-corrected chi connectivity index (χ0v) is 11.3. The van der Waals surface area contributed by atoms with Gasteiger partial charge in [-0.25, -0.2) is 4.39 Å². The molecule has 0 bridgehead atoms. The average molecular weight is 264 g/mol. The quantitative estimate of drug-likeness (QED) is 0.870. The highest BCUT2D eigenvalue weighted by molar-refractivity contribution is 5.78. The third-order valence-electron chi connectivity index (χ3n) is 3.67. The van der Waals surface area contributed by atoms with Gasteiger partial charge in [-0.3, -0.25) is 4.79 Å². The molecule has 0 saturated carbocycles. The van der Waals surface area contributed by atoms with Crippen molar-refractivity contribution in [3.63, 3.8) is 0 Å². The van der Waals surface area contributed by atoms with E-state index < -0.39 is 0 Å². The second-order valence-corrected chi connectivity index (χ2v) is 5.16. The Morgan fingerprint density at radius 3 is 3.05 bits per heavy atom. The first kappa shape index (κ1) is 14.0. The number of aryl methyl sites for hydroxylation is 1. The molecule has 1 aliphatic rings. The zero-order chi connectivity index (χ0) is 13.7. The summed E-state index contributed by atoms with van der Waals surface area (Å²) in [5, 5.41) is 6.21. The van der Waals surface area contributed by atoms with Gasteiger partial charge >= 0.3 is 0 Å². The Morgan fingerprint density at radius 2 is 2.37 bits per heavy atom. The fourth-order valence-corrected chi connectivity index (χ4v) is 2.48. The van der Waals surface area contributed by atoms with Crippen molar-refractivity contribution < 1.29 is 9.18 Å². The molecule has 3 nitrogen and oxygen atoms in total. The summed E-state index contributed by atoms with van der Waals surface area (Å²) in [6, 6.07) is 4.79. The van der Waals surface area contributed by atoms with Gasteiger partial charge in [0.15, 0.2) is 0 Å². The molecule has 2 rings (SSSR count). The second-order valence-electron chi connectivity index (χ2n) is 5.16. The fourth-order valence-electron chi connectivity index (χ4n) is 2.48. The van der Waals surface area contributed by atoms with Gasteiger partial charge in [0.25, 0.3) is 0 Å². The minimum absolute atomic E-state index is 0.100. The number of nitrogens with one attached hydrogen (secondary N) is 2. The summed E-state index contributed by atoms with van der Waals surface area (Å²) in [6.45, 7) is 4.30. The first-order chi connectivity index (χ1) is 9.16. The lowest BCUT2D eigenvalue weighted by molar-refractivity contribution is -0.125. The monoisotopic (exact) mass is 264 g/mol. The molecule has 1 aromatic rings. The van der Waals surface area contributed by atoms with Crippen LogP contribution in [0.15, 0.2) is 18.2 Å². The molecule has 19 heavy (non-hydrogen) atoms. The standard InChI is InChI=1S/C15H21FN2O/c1-11-9-14(16)5-4-12(11)6-8-18-15(19)13-3-2-7-17-10-13/h4-5,9,13,17H,2-3,6-8,10H2,1H3,(H,18,19)/t13-/m1/s1. The molecule has 1 amide bonds. The molecule has 4 heteroatoms. The van der Waals surface area contributed by atoms with E-state index in [1.807, 2.05) is 6.92 Å². The molecule has 104 valence electrons. The number of carbonyl (C=O) groups excluding carboxylic acids is 1. The Balaban J connectivity index is 1.78. The third kappa shape index (κ3) is 4.03. The average Bonchev–Trinajstić information content (AvgIpc) is 2.42. The summed E-state index contributed by atoms with van der Waals surface area (Å²) in [7, 11) is 0. The van der Waals surface area contributed by atoms with Crippen molar-refractivity contribution in [3.8, 4) is 0 Å². The van der Waals surface area contributed by atoms with Gasteiger partial charge in [-0.1, -0.05) is 6.07 Å². The molecule has 0 aromatic heterocycles. The van der Waals surface area contributed by atoms with E-state index in [0.717, 1.165) is 43.5 Å². The normalized spacial score (nSPS) is 19.2.